The summed E-state index contributed by atoms with van der Waals surface area (Å²) in [5.74, 6) is 1.11. The lowest BCUT2D eigenvalue weighted by Gasteiger charge is -2.20. The van der Waals surface area contributed by atoms with Gasteiger partial charge in [0, 0.05) is 11.3 Å². The molecule has 0 saturated heterocycles. The average Bonchev–Trinajstić information content (AvgIpc) is 2.13. The van der Waals surface area contributed by atoms with Crippen LogP contribution in [0.1, 0.15) is 30.2 Å². The molecule has 2 N–H and O–H groups in total. The molecular weight excluding hydrogens is 190 g/mol. The van der Waals surface area contributed by atoms with Gasteiger partial charge in [-0.3, -0.25) is 0 Å². The van der Waals surface area contributed by atoms with Crippen LogP contribution in [0.25, 0.3) is 0 Å². The average molecular weight is 209 g/mol. The van der Waals surface area contributed by atoms with E-state index >= 15 is 0 Å². The second kappa shape index (κ2) is 5.42. The SMILES string of the molecule is CCSC(c1cccc(C)c1)C(C)N. The lowest BCUT2D eigenvalue weighted by atomic mass is 10.0. The molecule has 2 unspecified atom stereocenters. The van der Waals surface area contributed by atoms with E-state index in [1.54, 1.807) is 0 Å². The molecule has 1 aromatic carbocycles. The number of hydrogen-bond donors (Lipinski definition) is 1. The molecule has 0 aliphatic rings. The van der Waals surface area contributed by atoms with Gasteiger partial charge in [-0.05, 0) is 25.2 Å². The fourth-order valence-corrected chi connectivity index (χ4v) is 2.58. The molecule has 0 bridgehead atoms. The van der Waals surface area contributed by atoms with Crippen LogP contribution in [-0.4, -0.2) is 11.8 Å². The van der Waals surface area contributed by atoms with Crippen molar-refractivity contribution in [3.63, 3.8) is 0 Å². The zero-order valence-electron chi connectivity index (χ0n) is 9.16. The van der Waals surface area contributed by atoms with Gasteiger partial charge < -0.3 is 5.73 Å². The van der Waals surface area contributed by atoms with Crippen LogP contribution in [0.5, 0.6) is 0 Å². The summed E-state index contributed by atoms with van der Waals surface area (Å²) in [7, 11) is 0. The monoisotopic (exact) mass is 209 g/mol. The van der Waals surface area contributed by atoms with Gasteiger partial charge in [-0.2, -0.15) is 11.8 Å². The summed E-state index contributed by atoms with van der Waals surface area (Å²) in [5, 5.41) is 0.430. The minimum absolute atomic E-state index is 0.210. The van der Waals surface area contributed by atoms with Gasteiger partial charge in [0.25, 0.3) is 0 Å². The minimum Gasteiger partial charge on any atom is -0.327 e. The van der Waals surface area contributed by atoms with Crippen molar-refractivity contribution in [2.45, 2.75) is 32.1 Å². The van der Waals surface area contributed by atoms with Crippen LogP contribution in [0.3, 0.4) is 0 Å². The van der Waals surface area contributed by atoms with E-state index in [1.165, 1.54) is 11.1 Å². The predicted octanol–water partition coefficient (Wildman–Crippen LogP) is 3.14. The summed E-state index contributed by atoms with van der Waals surface area (Å²) in [6.07, 6.45) is 0. The minimum atomic E-state index is 0.210. The molecule has 0 aromatic heterocycles. The molecule has 1 nitrogen and oxygen atoms in total. The van der Waals surface area contributed by atoms with Gasteiger partial charge in [-0.15, -0.1) is 0 Å². The van der Waals surface area contributed by atoms with Crippen LogP contribution >= 0.6 is 11.8 Å². The summed E-state index contributed by atoms with van der Waals surface area (Å²) in [4.78, 5) is 0. The van der Waals surface area contributed by atoms with Gasteiger partial charge in [-0.1, -0.05) is 36.8 Å². The molecule has 0 radical (unpaired) electrons. The fraction of sp³-hybridized carbons (Fsp3) is 0.500. The van der Waals surface area contributed by atoms with Crippen LogP contribution in [-0.2, 0) is 0 Å². The van der Waals surface area contributed by atoms with E-state index < -0.39 is 0 Å². The van der Waals surface area contributed by atoms with Crippen molar-refractivity contribution >= 4 is 11.8 Å². The normalized spacial score (nSPS) is 15.1. The van der Waals surface area contributed by atoms with E-state index in [2.05, 4.69) is 45.0 Å². The first-order valence-electron chi connectivity index (χ1n) is 5.09. The zero-order chi connectivity index (χ0) is 10.6. The Morgan fingerprint density at radius 1 is 1.43 bits per heavy atom. The highest BCUT2D eigenvalue weighted by atomic mass is 32.2. The van der Waals surface area contributed by atoms with Crippen molar-refractivity contribution in [2.24, 2.45) is 5.73 Å². The van der Waals surface area contributed by atoms with Gasteiger partial charge in [0.2, 0.25) is 0 Å². The number of nitrogens with two attached hydrogens (primary N) is 1. The van der Waals surface area contributed by atoms with Crippen molar-refractivity contribution in [3.8, 4) is 0 Å². The molecule has 14 heavy (non-hydrogen) atoms. The van der Waals surface area contributed by atoms with Crippen LogP contribution in [0.4, 0.5) is 0 Å². The first-order chi connectivity index (χ1) is 6.65. The van der Waals surface area contributed by atoms with E-state index in [0.717, 1.165) is 5.75 Å². The van der Waals surface area contributed by atoms with Gasteiger partial charge >= 0.3 is 0 Å². The Balaban J connectivity index is 2.87. The van der Waals surface area contributed by atoms with Gasteiger partial charge in [-0.25, -0.2) is 0 Å². The number of aryl methyl sites for hydroxylation is 1. The Morgan fingerprint density at radius 3 is 2.64 bits per heavy atom. The first-order valence-corrected chi connectivity index (χ1v) is 6.13. The first kappa shape index (κ1) is 11.6. The molecule has 1 aromatic rings. The van der Waals surface area contributed by atoms with Crippen LogP contribution < -0.4 is 5.73 Å². The van der Waals surface area contributed by atoms with E-state index in [1.807, 2.05) is 11.8 Å². The number of thioether (sulfide) groups is 1. The van der Waals surface area contributed by atoms with Gasteiger partial charge in [0.15, 0.2) is 0 Å². The second-order valence-corrected chi connectivity index (χ2v) is 5.07. The topological polar surface area (TPSA) is 26.0 Å². The third kappa shape index (κ3) is 3.03. The highest BCUT2D eigenvalue weighted by molar-refractivity contribution is 7.99. The van der Waals surface area contributed by atoms with Gasteiger partial charge in [0.05, 0.1) is 0 Å². The third-order valence-corrected chi connectivity index (χ3v) is 3.59. The maximum Gasteiger partial charge on any atom is 0.0445 e. The largest absolute Gasteiger partial charge is 0.327 e. The molecule has 0 saturated carbocycles. The van der Waals surface area contributed by atoms with Crippen LogP contribution in [0, 0.1) is 6.92 Å². The molecule has 2 atom stereocenters. The van der Waals surface area contributed by atoms with E-state index in [4.69, 9.17) is 5.73 Å². The Morgan fingerprint density at radius 2 is 2.14 bits per heavy atom. The highest BCUT2D eigenvalue weighted by Gasteiger charge is 2.15. The number of hydrogen-bond acceptors (Lipinski definition) is 2. The number of rotatable bonds is 4. The van der Waals surface area contributed by atoms with Crippen molar-refractivity contribution in [1.29, 1.82) is 0 Å². The molecule has 0 spiro atoms. The van der Waals surface area contributed by atoms with E-state index in [0.29, 0.717) is 5.25 Å². The molecule has 0 heterocycles. The molecule has 78 valence electrons. The van der Waals surface area contributed by atoms with Crippen molar-refractivity contribution < 1.29 is 0 Å². The van der Waals surface area contributed by atoms with Gasteiger partial charge in [0.1, 0.15) is 0 Å². The zero-order valence-corrected chi connectivity index (χ0v) is 9.97. The molecule has 0 fully saturated rings. The summed E-state index contributed by atoms with van der Waals surface area (Å²) >= 11 is 1.92. The Kier molecular flexibility index (Phi) is 4.49. The quantitative estimate of drug-likeness (QED) is 0.824. The number of benzene rings is 1. The summed E-state index contributed by atoms with van der Waals surface area (Å²) in [6.45, 7) is 6.38. The maximum atomic E-state index is 5.98. The molecule has 0 aliphatic carbocycles. The molecular formula is C12H19NS. The van der Waals surface area contributed by atoms with Crippen molar-refractivity contribution in [1.82, 2.24) is 0 Å². The van der Waals surface area contributed by atoms with Crippen LogP contribution in [0.2, 0.25) is 0 Å². The smallest absolute Gasteiger partial charge is 0.0445 e. The van der Waals surface area contributed by atoms with E-state index in [-0.39, 0.29) is 6.04 Å². The van der Waals surface area contributed by atoms with E-state index in [9.17, 15) is 0 Å². The summed E-state index contributed by atoms with van der Waals surface area (Å²) in [6, 6.07) is 8.84. The fourth-order valence-electron chi connectivity index (χ4n) is 1.58. The Labute approximate surface area is 91.1 Å². The maximum absolute atomic E-state index is 5.98. The standard InChI is InChI=1S/C12H19NS/c1-4-14-12(10(3)13)11-7-5-6-9(2)8-11/h5-8,10,12H,4,13H2,1-3H3. The Bertz CT molecular complexity index is 283. The lowest BCUT2D eigenvalue weighted by Crippen LogP contribution is -2.22. The third-order valence-electron chi connectivity index (χ3n) is 2.19. The summed E-state index contributed by atoms with van der Waals surface area (Å²) < 4.78 is 0. The second-order valence-electron chi connectivity index (χ2n) is 3.65. The van der Waals surface area contributed by atoms with Crippen molar-refractivity contribution in [3.05, 3.63) is 35.4 Å². The van der Waals surface area contributed by atoms with Crippen LogP contribution in [0.15, 0.2) is 24.3 Å². The molecule has 0 amide bonds. The highest BCUT2D eigenvalue weighted by Crippen LogP contribution is 2.31. The Hall–Kier alpha value is -0.470. The lowest BCUT2D eigenvalue weighted by molar-refractivity contribution is 0.721. The predicted molar refractivity (Wildman–Crippen MR) is 65.7 cm³/mol. The van der Waals surface area contributed by atoms with Crippen molar-refractivity contribution in [2.75, 3.05) is 5.75 Å². The molecule has 2 heteroatoms. The molecule has 0 aliphatic heterocycles. The molecule has 1 rings (SSSR count). The summed E-state index contributed by atoms with van der Waals surface area (Å²) in [5.41, 5.74) is 8.65.